The summed E-state index contributed by atoms with van der Waals surface area (Å²) in [6, 6.07) is 16.7. The fourth-order valence-corrected chi connectivity index (χ4v) is 3.67. The molecule has 3 atom stereocenters. The van der Waals surface area contributed by atoms with Crippen molar-refractivity contribution in [2.45, 2.75) is 64.3 Å². The first-order valence-electron chi connectivity index (χ1n) is 11.7. The number of hydrogen-bond donors (Lipinski definition) is 3. The Bertz CT molecular complexity index is 1020. The lowest BCUT2D eigenvalue weighted by atomic mass is 10.0. The van der Waals surface area contributed by atoms with Crippen LogP contribution < -0.4 is 16.0 Å². The Morgan fingerprint density at radius 2 is 1.33 bits per heavy atom. The molecular formula is C27H35N3O5S. The van der Waals surface area contributed by atoms with Crippen LogP contribution in [0.1, 0.15) is 38.8 Å². The summed E-state index contributed by atoms with van der Waals surface area (Å²) in [4.78, 5) is 37.9. The number of hydrogen-bond acceptors (Lipinski definition) is 6. The molecule has 0 aromatic heterocycles. The van der Waals surface area contributed by atoms with Crippen molar-refractivity contribution in [2.75, 3.05) is 7.11 Å². The highest BCUT2D eigenvalue weighted by atomic mass is 32.1. The second-order valence-electron chi connectivity index (χ2n) is 9.39. The second kappa shape index (κ2) is 13.6. The summed E-state index contributed by atoms with van der Waals surface area (Å²) in [7, 11) is 1.26. The number of rotatable bonds is 10. The van der Waals surface area contributed by atoms with Crippen LogP contribution in [0.2, 0.25) is 0 Å². The van der Waals surface area contributed by atoms with Crippen molar-refractivity contribution >= 4 is 35.2 Å². The highest BCUT2D eigenvalue weighted by molar-refractivity contribution is 7.80. The molecule has 3 N–H and O–H groups in total. The van der Waals surface area contributed by atoms with E-state index in [4.69, 9.17) is 21.7 Å². The maximum Gasteiger partial charge on any atom is 0.408 e. The van der Waals surface area contributed by atoms with E-state index in [9.17, 15) is 14.4 Å². The van der Waals surface area contributed by atoms with Crippen molar-refractivity contribution in [3.8, 4) is 0 Å². The Labute approximate surface area is 218 Å². The highest BCUT2D eigenvalue weighted by Gasteiger charge is 2.28. The summed E-state index contributed by atoms with van der Waals surface area (Å²) < 4.78 is 10.1. The number of esters is 1. The van der Waals surface area contributed by atoms with Gasteiger partial charge < -0.3 is 25.4 Å². The first-order chi connectivity index (χ1) is 17.0. The molecule has 0 heterocycles. The van der Waals surface area contributed by atoms with E-state index in [2.05, 4.69) is 16.0 Å². The van der Waals surface area contributed by atoms with E-state index < -0.39 is 41.7 Å². The lowest BCUT2D eigenvalue weighted by Gasteiger charge is -2.27. The van der Waals surface area contributed by atoms with Gasteiger partial charge in [-0.15, -0.1) is 0 Å². The fourth-order valence-electron chi connectivity index (χ4n) is 3.39. The molecule has 194 valence electrons. The maximum absolute atomic E-state index is 13.2. The Hall–Kier alpha value is -3.46. The Kier molecular flexibility index (Phi) is 10.9. The second-order valence-corrected chi connectivity index (χ2v) is 9.83. The van der Waals surface area contributed by atoms with Crippen molar-refractivity contribution in [3.05, 3.63) is 71.8 Å². The molecule has 2 aromatic carbocycles. The van der Waals surface area contributed by atoms with Gasteiger partial charge in [0.25, 0.3) is 0 Å². The third kappa shape index (κ3) is 10.0. The topological polar surface area (TPSA) is 106 Å². The van der Waals surface area contributed by atoms with E-state index in [1.165, 1.54) is 7.11 Å². The number of benzene rings is 2. The normalized spacial score (nSPS) is 13.5. The van der Waals surface area contributed by atoms with Gasteiger partial charge in [-0.2, -0.15) is 0 Å². The Morgan fingerprint density at radius 1 is 0.833 bits per heavy atom. The van der Waals surface area contributed by atoms with Crippen LogP contribution >= 0.6 is 12.2 Å². The van der Waals surface area contributed by atoms with Gasteiger partial charge >= 0.3 is 12.1 Å². The van der Waals surface area contributed by atoms with Crippen LogP contribution in [-0.2, 0) is 31.9 Å². The van der Waals surface area contributed by atoms with Gasteiger partial charge in [-0.1, -0.05) is 72.9 Å². The van der Waals surface area contributed by atoms with Gasteiger partial charge in [-0.05, 0) is 45.2 Å². The van der Waals surface area contributed by atoms with Crippen molar-refractivity contribution in [1.82, 2.24) is 16.0 Å². The van der Waals surface area contributed by atoms with Crippen LogP contribution in [0, 0.1) is 0 Å². The van der Waals surface area contributed by atoms with Crippen LogP contribution in [0.4, 0.5) is 4.79 Å². The number of carbonyl (C=O) groups excluding carboxylic acids is 3. The monoisotopic (exact) mass is 513 g/mol. The summed E-state index contributed by atoms with van der Waals surface area (Å²) in [5.41, 5.74) is 1.17. The molecule has 2 rings (SSSR count). The minimum atomic E-state index is -0.837. The number of alkyl carbamates (subject to hydrolysis) is 1. The molecule has 0 saturated heterocycles. The average Bonchev–Trinajstić information content (AvgIpc) is 2.82. The van der Waals surface area contributed by atoms with Crippen LogP contribution in [-0.4, -0.2) is 53.8 Å². The first-order valence-corrected chi connectivity index (χ1v) is 12.1. The van der Waals surface area contributed by atoms with Gasteiger partial charge in [0.1, 0.15) is 17.7 Å². The van der Waals surface area contributed by atoms with E-state index in [1.807, 2.05) is 60.7 Å². The smallest absolute Gasteiger partial charge is 0.408 e. The van der Waals surface area contributed by atoms with Crippen LogP contribution in [0.5, 0.6) is 0 Å². The van der Waals surface area contributed by atoms with Crippen LogP contribution in [0.25, 0.3) is 0 Å². The molecule has 0 bridgehead atoms. The number of thiocarbonyl (C=S) groups is 1. The molecule has 0 fully saturated rings. The van der Waals surface area contributed by atoms with E-state index in [0.717, 1.165) is 11.1 Å². The zero-order chi connectivity index (χ0) is 26.7. The molecule has 0 spiro atoms. The molecular weight excluding hydrogens is 478 g/mol. The van der Waals surface area contributed by atoms with Crippen molar-refractivity contribution in [1.29, 1.82) is 0 Å². The average molecular weight is 514 g/mol. The fraction of sp³-hybridized carbons (Fsp3) is 0.407. The number of methoxy groups -OCH3 is 1. The van der Waals surface area contributed by atoms with Gasteiger partial charge in [0.15, 0.2) is 0 Å². The number of carbonyl (C=O) groups is 3. The Balaban J connectivity index is 2.25. The summed E-state index contributed by atoms with van der Waals surface area (Å²) >= 11 is 5.68. The summed E-state index contributed by atoms with van der Waals surface area (Å²) in [5, 5.41) is 8.61. The van der Waals surface area contributed by atoms with E-state index in [0.29, 0.717) is 12.8 Å². The maximum atomic E-state index is 13.2. The molecule has 2 amide bonds. The Morgan fingerprint density at radius 3 is 1.81 bits per heavy atom. The molecule has 0 aliphatic carbocycles. The predicted octanol–water partition coefficient (Wildman–Crippen LogP) is 3.33. The zero-order valence-corrected chi connectivity index (χ0v) is 22.2. The molecule has 0 radical (unpaired) electrons. The lowest BCUT2D eigenvalue weighted by molar-refractivity contribution is -0.144. The molecule has 9 heteroatoms. The SMILES string of the molecule is COC(=O)[C@H](C)NC(=O)[C@H](Cc1ccccc1)NC(=S)[C@H](Cc1ccccc1)NC(=O)OC(C)(C)C. The van der Waals surface area contributed by atoms with Crippen LogP contribution in [0.3, 0.4) is 0 Å². The van der Waals surface area contributed by atoms with Gasteiger partial charge in [-0.25, -0.2) is 9.59 Å². The predicted molar refractivity (Wildman–Crippen MR) is 143 cm³/mol. The van der Waals surface area contributed by atoms with E-state index in [1.54, 1.807) is 27.7 Å². The van der Waals surface area contributed by atoms with E-state index in [-0.39, 0.29) is 4.99 Å². The van der Waals surface area contributed by atoms with Crippen LogP contribution in [0.15, 0.2) is 60.7 Å². The van der Waals surface area contributed by atoms with Crippen molar-refractivity contribution in [3.63, 3.8) is 0 Å². The minimum Gasteiger partial charge on any atom is -0.467 e. The van der Waals surface area contributed by atoms with Gasteiger partial charge in [0, 0.05) is 6.42 Å². The summed E-state index contributed by atoms with van der Waals surface area (Å²) in [6.45, 7) is 6.87. The quantitative estimate of drug-likeness (QED) is 0.331. The van der Waals surface area contributed by atoms with Gasteiger partial charge in [-0.3, -0.25) is 4.79 Å². The van der Waals surface area contributed by atoms with Gasteiger partial charge in [0.05, 0.1) is 18.1 Å². The molecule has 0 aliphatic rings. The summed E-state index contributed by atoms with van der Waals surface area (Å²) in [5.74, 6) is -0.979. The number of nitrogens with one attached hydrogen (secondary N) is 3. The van der Waals surface area contributed by atoms with Crippen molar-refractivity contribution in [2.24, 2.45) is 0 Å². The van der Waals surface area contributed by atoms with Gasteiger partial charge in [0.2, 0.25) is 5.91 Å². The standard InChI is InChI=1S/C27H35N3O5S/c1-18(25(32)34-5)28-23(31)21(16-19-12-8-6-9-13-19)29-24(36)22(17-20-14-10-7-11-15-20)30-26(33)35-27(2,3)4/h6-15,18,21-22H,16-17H2,1-5H3,(H,28,31)(H,29,36)(H,30,33)/t18-,21-,22-/m0/s1. The third-order valence-electron chi connectivity index (χ3n) is 5.12. The minimum absolute atomic E-state index is 0.270. The highest BCUT2D eigenvalue weighted by Crippen LogP contribution is 2.11. The molecule has 2 aromatic rings. The third-order valence-corrected chi connectivity index (χ3v) is 5.52. The van der Waals surface area contributed by atoms with Crippen molar-refractivity contribution < 1.29 is 23.9 Å². The van der Waals surface area contributed by atoms with E-state index >= 15 is 0 Å². The molecule has 0 unspecified atom stereocenters. The molecule has 8 nitrogen and oxygen atoms in total. The first kappa shape index (κ1) is 28.8. The molecule has 0 aliphatic heterocycles. The molecule has 0 saturated carbocycles. The summed E-state index contributed by atoms with van der Waals surface area (Å²) in [6.07, 6.45) is 0.0889. The largest absolute Gasteiger partial charge is 0.467 e. The zero-order valence-electron chi connectivity index (χ0n) is 21.4. The lowest BCUT2D eigenvalue weighted by Crippen LogP contribution is -2.56. The number of ether oxygens (including phenoxy) is 2. The molecule has 36 heavy (non-hydrogen) atoms. The number of amides is 2.